The van der Waals surface area contributed by atoms with Gasteiger partial charge in [0, 0.05) is 12.6 Å². The van der Waals surface area contributed by atoms with Crippen molar-refractivity contribution in [1.29, 1.82) is 0 Å². The standard InChI is InChI=1S/C13H10F2N2O3/c14-10-4-5-11(17(18)19)13(12(10)15)20-9-3-1-2-8(6-9)7-16/h1-6H,7,16H2. The SMILES string of the molecule is NCc1cccc(Oc2c([N+](=O)[O-])ccc(F)c2F)c1. The Hall–Kier alpha value is -2.54. The van der Waals surface area contributed by atoms with Gasteiger partial charge in [-0.25, -0.2) is 4.39 Å². The highest BCUT2D eigenvalue weighted by Gasteiger charge is 2.23. The third-order valence-electron chi connectivity index (χ3n) is 2.58. The fraction of sp³-hybridized carbons (Fsp3) is 0.0769. The van der Waals surface area contributed by atoms with Crippen LogP contribution >= 0.6 is 0 Å². The summed E-state index contributed by atoms with van der Waals surface area (Å²) >= 11 is 0. The van der Waals surface area contributed by atoms with E-state index in [1.165, 1.54) is 12.1 Å². The Labute approximate surface area is 112 Å². The lowest BCUT2D eigenvalue weighted by atomic mass is 10.2. The number of benzene rings is 2. The number of rotatable bonds is 4. The summed E-state index contributed by atoms with van der Waals surface area (Å²) in [6.45, 7) is 0.227. The summed E-state index contributed by atoms with van der Waals surface area (Å²) in [4.78, 5) is 9.97. The summed E-state index contributed by atoms with van der Waals surface area (Å²) in [6.07, 6.45) is 0. The van der Waals surface area contributed by atoms with Gasteiger partial charge in [-0.3, -0.25) is 10.1 Å². The second-order valence-electron chi connectivity index (χ2n) is 3.92. The van der Waals surface area contributed by atoms with Gasteiger partial charge in [-0.2, -0.15) is 4.39 Å². The van der Waals surface area contributed by atoms with Crippen molar-refractivity contribution in [2.45, 2.75) is 6.54 Å². The molecule has 0 aromatic heterocycles. The van der Waals surface area contributed by atoms with Crippen LogP contribution in [-0.2, 0) is 6.54 Å². The van der Waals surface area contributed by atoms with Gasteiger partial charge in [-0.1, -0.05) is 12.1 Å². The molecule has 0 saturated heterocycles. The molecule has 0 fully saturated rings. The molecule has 2 rings (SSSR count). The van der Waals surface area contributed by atoms with Crippen molar-refractivity contribution in [3.63, 3.8) is 0 Å². The fourth-order valence-electron chi connectivity index (χ4n) is 1.62. The zero-order valence-electron chi connectivity index (χ0n) is 10.2. The number of ether oxygens (including phenoxy) is 1. The molecule has 5 nitrogen and oxygen atoms in total. The monoisotopic (exact) mass is 280 g/mol. The van der Waals surface area contributed by atoms with Crippen LogP contribution in [0.2, 0.25) is 0 Å². The summed E-state index contributed by atoms with van der Waals surface area (Å²) < 4.78 is 31.9. The van der Waals surface area contributed by atoms with Crippen molar-refractivity contribution >= 4 is 5.69 Å². The Balaban J connectivity index is 2.46. The molecule has 0 spiro atoms. The molecule has 20 heavy (non-hydrogen) atoms. The first-order valence-corrected chi connectivity index (χ1v) is 5.62. The minimum absolute atomic E-state index is 0.139. The topological polar surface area (TPSA) is 78.4 Å². The fourth-order valence-corrected chi connectivity index (χ4v) is 1.62. The predicted molar refractivity (Wildman–Crippen MR) is 67.4 cm³/mol. The van der Waals surface area contributed by atoms with Crippen LogP contribution in [0.4, 0.5) is 14.5 Å². The Morgan fingerprint density at radius 2 is 2.00 bits per heavy atom. The average molecular weight is 280 g/mol. The minimum Gasteiger partial charge on any atom is -0.447 e. The lowest BCUT2D eigenvalue weighted by Gasteiger charge is -2.08. The number of nitro benzene ring substituents is 1. The van der Waals surface area contributed by atoms with Crippen LogP contribution in [0.5, 0.6) is 11.5 Å². The van der Waals surface area contributed by atoms with Gasteiger partial charge < -0.3 is 10.5 Å². The Bertz CT molecular complexity index is 662. The molecule has 0 aliphatic heterocycles. The van der Waals surface area contributed by atoms with Crippen molar-refractivity contribution in [3.05, 3.63) is 63.7 Å². The quantitative estimate of drug-likeness (QED) is 0.689. The molecule has 0 radical (unpaired) electrons. The molecule has 2 aromatic rings. The smallest absolute Gasteiger partial charge is 0.314 e. The van der Waals surface area contributed by atoms with Crippen LogP contribution in [0, 0.1) is 21.7 Å². The van der Waals surface area contributed by atoms with E-state index in [-0.39, 0.29) is 12.3 Å². The third kappa shape index (κ3) is 2.72. The molecule has 104 valence electrons. The maximum Gasteiger partial charge on any atom is 0.314 e. The molecular weight excluding hydrogens is 270 g/mol. The van der Waals surface area contributed by atoms with E-state index < -0.39 is 28.0 Å². The molecule has 0 atom stereocenters. The average Bonchev–Trinajstić information content (AvgIpc) is 2.44. The van der Waals surface area contributed by atoms with Crippen LogP contribution in [-0.4, -0.2) is 4.92 Å². The molecule has 2 aromatic carbocycles. The largest absolute Gasteiger partial charge is 0.447 e. The van der Waals surface area contributed by atoms with Gasteiger partial charge in [0.1, 0.15) is 5.75 Å². The van der Waals surface area contributed by atoms with E-state index in [1.54, 1.807) is 12.1 Å². The first-order valence-electron chi connectivity index (χ1n) is 5.62. The van der Waals surface area contributed by atoms with Gasteiger partial charge in [0.2, 0.25) is 11.6 Å². The Morgan fingerprint density at radius 3 is 2.65 bits per heavy atom. The first kappa shape index (κ1) is 13.9. The molecule has 2 N–H and O–H groups in total. The van der Waals surface area contributed by atoms with E-state index in [0.29, 0.717) is 11.6 Å². The summed E-state index contributed by atoms with van der Waals surface area (Å²) in [6, 6.07) is 7.79. The molecule has 0 saturated carbocycles. The second kappa shape index (κ2) is 5.62. The minimum atomic E-state index is -1.41. The van der Waals surface area contributed by atoms with Crippen LogP contribution in [0.3, 0.4) is 0 Å². The van der Waals surface area contributed by atoms with Gasteiger partial charge in [0.05, 0.1) is 4.92 Å². The van der Waals surface area contributed by atoms with Crippen LogP contribution < -0.4 is 10.5 Å². The number of hydrogen-bond acceptors (Lipinski definition) is 4. The molecule has 0 aliphatic carbocycles. The normalized spacial score (nSPS) is 10.3. The van der Waals surface area contributed by atoms with E-state index in [4.69, 9.17) is 10.5 Å². The highest BCUT2D eigenvalue weighted by molar-refractivity contribution is 5.49. The summed E-state index contributed by atoms with van der Waals surface area (Å²) in [5.74, 6) is -3.25. The van der Waals surface area contributed by atoms with E-state index in [2.05, 4.69) is 0 Å². The van der Waals surface area contributed by atoms with Gasteiger partial charge in [-0.05, 0) is 23.8 Å². The molecule has 0 unspecified atom stereocenters. The van der Waals surface area contributed by atoms with Gasteiger partial charge in [0.15, 0.2) is 5.82 Å². The van der Waals surface area contributed by atoms with Gasteiger partial charge in [-0.15, -0.1) is 0 Å². The highest BCUT2D eigenvalue weighted by atomic mass is 19.2. The van der Waals surface area contributed by atoms with Crippen molar-refractivity contribution in [2.24, 2.45) is 5.73 Å². The molecule has 0 aliphatic rings. The third-order valence-corrected chi connectivity index (χ3v) is 2.58. The molecule has 0 amide bonds. The van der Waals surface area contributed by atoms with Crippen molar-refractivity contribution in [3.8, 4) is 11.5 Å². The van der Waals surface area contributed by atoms with Crippen molar-refractivity contribution in [2.75, 3.05) is 0 Å². The molecular formula is C13H10F2N2O3. The molecule has 0 bridgehead atoms. The summed E-state index contributed by atoms with van der Waals surface area (Å²) in [5, 5.41) is 10.8. The summed E-state index contributed by atoms with van der Waals surface area (Å²) in [5.41, 5.74) is 5.49. The van der Waals surface area contributed by atoms with E-state index in [0.717, 1.165) is 6.07 Å². The molecule has 0 heterocycles. The zero-order chi connectivity index (χ0) is 14.7. The number of hydrogen-bond donors (Lipinski definition) is 1. The van der Waals surface area contributed by atoms with Crippen LogP contribution in [0.1, 0.15) is 5.56 Å². The number of nitrogens with two attached hydrogens (primary N) is 1. The summed E-state index contributed by atoms with van der Waals surface area (Å²) in [7, 11) is 0. The molecule has 7 heteroatoms. The maximum atomic E-state index is 13.7. The van der Waals surface area contributed by atoms with Gasteiger partial charge >= 0.3 is 5.69 Å². The number of nitrogens with zero attached hydrogens (tertiary/aromatic N) is 1. The van der Waals surface area contributed by atoms with Crippen LogP contribution in [0.25, 0.3) is 0 Å². The lowest BCUT2D eigenvalue weighted by Crippen LogP contribution is -2.00. The highest BCUT2D eigenvalue weighted by Crippen LogP contribution is 2.35. The number of halogens is 2. The number of nitro groups is 1. The van der Waals surface area contributed by atoms with E-state index in [1.807, 2.05) is 0 Å². The lowest BCUT2D eigenvalue weighted by molar-refractivity contribution is -0.385. The zero-order valence-corrected chi connectivity index (χ0v) is 10.2. The van der Waals surface area contributed by atoms with Crippen molar-refractivity contribution < 1.29 is 18.4 Å². The second-order valence-corrected chi connectivity index (χ2v) is 3.92. The Kier molecular flexibility index (Phi) is 3.90. The van der Waals surface area contributed by atoms with Gasteiger partial charge in [0.25, 0.3) is 0 Å². The maximum absolute atomic E-state index is 13.7. The van der Waals surface area contributed by atoms with E-state index >= 15 is 0 Å². The Morgan fingerprint density at radius 1 is 1.25 bits per heavy atom. The van der Waals surface area contributed by atoms with Crippen molar-refractivity contribution in [1.82, 2.24) is 0 Å². The van der Waals surface area contributed by atoms with Crippen LogP contribution in [0.15, 0.2) is 36.4 Å². The van der Waals surface area contributed by atoms with E-state index in [9.17, 15) is 18.9 Å². The first-order chi connectivity index (χ1) is 9.52. The predicted octanol–water partition coefficient (Wildman–Crippen LogP) is 3.12.